The molecule has 0 spiro atoms. The van der Waals surface area contributed by atoms with Crippen molar-refractivity contribution in [3.8, 4) is 27.9 Å². The van der Waals surface area contributed by atoms with E-state index >= 15 is 0 Å². The van der Waals surface area contributed by atoms with Gasteiger partial charge in [-0.1, -0.05) is 152 Å². The summed E-state index contributed by atoms with van der Waals surface area (Å²) in [6.45, 7) is 0. The molecule has 10 aromatic carbocycles. The van der Waals surface area contributed by atoms with Crippen molar-refractivity contribution in [3.63, 3.8) is 0 Å². The van der Waals surface area contributed by atoms with E-state index < -0.39 is 0 Å². The molecule has 0 unspecified atom stereocenters. The second-order valence-corrected chi connectivity index (χ2v) is 15.3. The second-order valence-electron chi connectivity index (χ2n) is 15.3. The number of rotatable bonds is 6. The zero-order valence-corrected chi connectivity index (χ0v) is 32.1. The lowest BCUT2D eigenvalue weighted by molar-refractivity contribution is 0.673. The number of nitrogens with zero attached hydrogens (tertiary/aromatic N) is 2. The lowest BCUT2D eigenvalue weighted by Gasteiger charge is -2.28. The van der Waals surface area contributed by atoms with Crippen LogP contribution in [0.25, 0.3) is 93.2 Å². The van der Waals surface area contributed by atoms with Gasteiger partial charge in [-0.2, -0.15) is 0 Å². The molecule has 0 amide bonds. The highest BCUT2D eigenvalue weighted by atomic mass is 16.3. The van der Waals surface area contributed by atoms with Gasteiger partial charge in [0, 0.05) is 49.6 Å². The van der Waals surface area contributed by atoms with Crippen molar-refractivity contribution < 1.29 is 4.42 Å². The number of furan rings is 1. The van der Waals surface area contributed by atoms with Crippen LogP contribution in [0.15, 0.2) is 223 Å². The molecule has 276 valence electrons. The third kappa shape index (κ3) is 5.29. The Balaban J connectivity index is 1.05. The van der Waals surface area contributed by atoms with E-state index in [4.69, 9.17) is 4.42 Å². The number of benzene rings is 10. The van der Waals surface area contributed by atoms with Crippen LogP contribution < -0.4 is 4.90 Å². The topological polar surface area (TPSA) is 21.3 Å². The quantitative estimate of drug-likeness (QED) is 0.169. The number of aromatic nitrogens is 1. The van der Waals surface area contributed by atoms with Gasteiger partial charge in [0.05, 0.1) is 16.7 Å². The molecule has 0 atom stereocenters. The average molecular weight is 753 g/mol. The van der Waals surface area contributed by atoms with Crippen LogP contribution in [0, 0.1) is 0 Å². The molecule has 12 aromatic rings. The smallest absolute Gasteiger partial charge is 0.143 e. The molecule has 2 heterocycles. The Morgan fingerprint density at radius 3 is 1.64 bits per heavy atom. The van der Waals surface area contributed by atoms with Crippen molar-refractivity contribution >= 4 is 82.4 Å². The predicted molar refractivity (Wildman–Crippen MR) is 249 cm³/mol. The summed E-state index contributed by atoms with van der Waals surface area (Å²) in [5.41, 5.74) is 13.2. The summed E-state index contributed by atoms with van der Waals surface area (Å²) in [5.74, 6) is 0. The van der Waals surface area contributed by atoms with Gasteiger partial charge in [0.15, 0.2) is 0 Å². The molecule has 2 aromatic heterocycles. The largest absolute Gasteiger partial charge is 0.455 e. The van der Waals surface area contributed by atoms with Crippen molar-refractivity contribution in [1.29, 1.82) is 0 Å². The highest BCUT2D eigenvalue weighted by Crippen LogP contribution is 2.46. The third-order valence-electron chi connectivity index (χ3n) is 12.0. The van der Waals surface area contributed by atoms with Gasteiger partial charge in [-0.3, -0.25) is 0 Å². The van der Waals surface area contributed by atoms with E-state index in [-0.39, 0.29) is 0 Å². The van der Waals surface area contributed by atoms with E-state index in [1.807, 2.05) is 0 Å². The SMILES string of the molecule is c1ccc(N(c2ccc(-c3cccc4ccccc34)cc2)c2ccc(-n3c4ccccc4c4ccccc43)cc2)c(-c2cccc3oc4c5ccccc5ccc4c23)c1. The summed E-state index contributed by atoms with van der Waals surface area (Å²) in [4.78, 5) is 2.40. The fourth-order valence-electron chi connectivity index (χ4n) is 9.32. The number of hydrogen-bond donors (Lipinski definition) is 0. The van der Waals surface area contributed by atoms with E-state index in [1.165, 1.54) is 49.1 Å². The van der Waals surface area contributed by atoms with Crippen LogP contribution in [0.2, 0.25) is 0 Å². The van der Waals surface area contributed by atoms with Crippen molar-refractivity contribution in [2.75, 3.05) is 4.90 Å². The molecule has 3 nitrogen and oxygen atoms in total. The summed E-state index contributed by atoms with van der Waals surface area (Å²) in [6, 6.07) is 78.7. The van der Waals surface area contributed by atoms with E-state index in [9.17, 15) is 0 Å². The third-order valence-corrected chi connectivity index (χ3v) is 12.0. The highest BCUT2D eigenvalue weighted by molar-refractivity contribution is 6.20. The predicted octanol–water partition coefficient (Wildman–Crippen LogP) is 15.8. The maximum Gasteiger partial charge on any atom is 0.143 e. The van der Waals surface area contributed by atoms with Crippen LogP contribution in [0.4, 0.5) is 17.1 Å². The van der Waals surface area contributed by atoms with Crippen molar-refractivity contribution in [3.05, 3.63) is 218 Å². The number of anilines is 3. The zero-order chi connectivity index (χ0) is 38.9. The normalized spacial score (nSPS) is 11.7. The standard InChI is InChI=1S/C56H36N2O/c1-3-16-43-37(13-1)15-11-21-44(43)39-27-30-40(31-28-39)57(41-32-34-42(35-33-41)58-52-24-9-5-18-46(52)47-19-6-10-25-53(47)58)51-23-8-7-20-48(51)49-22-12-26-54-55(49)50-36-29-38-14-2-4-17-45(38)56(50)59-54/h1-36H. The van der Waals surface area contributed by atoms with E-state index in [0.717, 1.165) is 61.2 Å². The fraction of sp³-hybridized carbons (Fsp3) is 0. The Bertz CT molecular complexity index is 3500. The van der Waals surface area contributed by atoms with Crippen LogP contribution in [-0.2, 0) is 0 Å². The summed E-state index contributed by atoms with van der Waals surface area (Å²) in [7, 11) is 0. The second kappa shape index (κ2) is 13.4. The van der Waals surface area contributed by atoms with Gasteiger partial charge in [0.2, 0.25) is 0 Å². The maximum absolute atomic E-state index is 6.68. The van der Waals surface area contributed by atoms with Crippen LogP contribution in [0.5, 0.6) is 0 Å². The molecule has 0 aliphatic heterocycles. The summed E-state index contributed by atoms with van der Waals surface area (Å²) < 4.78 is 9.05. The van der Waals surface area contributed by atoms with Crippen LogP contribution in [0.1, 0.15) is 0 Å². The van der Waals surface area contributed by atoms with Crippen molar-refractivity contribution in [1.82, 2.24) is 4.57 Å². The first-order chi connectivity index (χ1) is 29.3. The molecular formula is C56H36N2O. The molecule has 0 radical (unpaired) electrons. The van der Waals surface area contributed by atoms with Gasteiger partial charge < -0.3 is 13.9 Å². The summed E-state index contributed by atoms with van der Waals surface area (Å²) in [5, 5.41) is 9.52. The van der Waals surface area contributed by atoms with Crippen LogP contribution in [-0.4, -0.2) is 4.57 Å². The van der Waals surface area contributed by atoms with Gasteiger partial charge in [-0.05, 0) is 99.6 Å². The Morgan fingerprint density at radius 1 is 0.356 bits per heavy atom. The van der Waals surface area contributed by atoms with E-state index in [1.54, 1.807) is 0 Å². The number of para-hydroxylation sites is 3. The fourth-order valence-corrected chi connectivity index (χ4v) is 9.32. The minimum absolute atomic E-state index is 0.880. The molecule has 0 aliphatic carbocycles. The molecule has 0 saturated carbocycles. The molecule has 0 bridgehead atoms. The highest BCUT2D eigenvalue weighted by Gasteiger charge is 2.22. The van der Waals surface area contributed by atoms with Gasteiger partial charge in [-0.15, -0.1) is 0 Å². The summed E-state index contributed by atoms with van der Waals surface area (Å²) in [6.07, 6.45) is 0. The maximum atomic E-state index is 6.68. The number of fused-ring (bicyclic) bond motifs is 9. The first kappa shape index (κ1) is 33.3. The zero-order valence-electron chi connectivity index (χ0n) is 32.1. The monoisotopic (exact) mass is 752 g/mol. The lowest BCUT2D eigenvalue weighted by Crippen LogP contribution is -2.11. The molecule has 12 rings (SSSR count). The molecule has 3 heteroatoms. The Hall–Kier alpha value is -7.88. The molecule has 0 aliphatic rings. The van der Waals surface area contributed by atoms with Crippen molar-refractivity contribution in [2.45, 2.75) is 0 Å². The van der Waals surface area contributed by atoms with Gasteiger partial charge >= 0.3 is 0 Å². The van der Waals surface area contributed by atoms with Gasteiger partial charge in [0.1, 0.15) is 11.2 Å². The number of hydrogen-bond acceptors (Lipinski definition) is 2. The molecular weight excluding hydrogens is 717 g/mol. The van der Waals surface area contributed by atoms with Gasteiger partial charge in [0.25, 0.3) is 0 Å². The molecule has 59 heavy (non-hydrogen) atoms. The summed E-state index contributed by atoms with van der Waals surface area (Å²) >= 11 is 0. The van der Waals surface area contributed by atoms with Crippen molar-refractivity contribution in [2.24, 2.45) is 0 Å². The first-order valence-electron chi connectivity index (χ1n) is 20.2. The average Bonchev–Trinajstić information content (AvgIpc) is 3.86. The van der Waals surface area contributed by atoms with E-state index in [0.29, 0.717) is 0 Å². The van der Waals surface area contributed by atoms with E-state index in [2.05, 4.69) is 228 Å². The van der Waals surface area contributed by atoms with Gasteiger partial charge in [-0.25, -0.2) is 0 Å². The minimum Gasteiger partial charge on any atom is -0.455 e. The Kier molecular flexibility index (Phi) is 7.54. The molecule has 0 N–H and O–H groups in total. The lowest BCUT2D eigenvalue weighted by atomic mass is 9.95. The minimum atomic E-state index is 0.880. The Morgan fingerprint density at radius 2 is 0.898 bits per heavy atom. The Labute approximate surface area is 341 Å². The van der Waals surface area contributed by atoms with Crippen LogP contribution in [0.3, 0.4) is 0 Å². The first-order valence-corrected chi connectivity index (χ1v) is 20.2. The van der Waals surface area contributed by atoms with Crippen LogP contribution >= 0.6 is 0 Å². The molecule has 0 fully saturated rings. The molecule has 0 saturated heterocycles.